The predicted octanol–water partition coefficient (Wildman–Crippen LogP) is 4.29. The third kappa shape index (κ3) is 4.66. The van der Waals surface area contributed by atoms with E-state index in [9.17, 15) is 4.79 Å². The molecule has 1 amide bonds. The molecule has 0 saturated carbocycles. The van der Waals surface area contributed by atoms with Gasteiger partial charge >= 0.3 is 0 Å². The van der Waals surface area contributed by atoms with E-state index in [2.05, 4.69) is 6.08 Å². The first-order valence-electron chi connectivity index (χ1n) is 8.62. The van der Waals surface area contributed by atoms with Crippen molar-refractivity contribution in [1.82, 2.24) is 4.90 Å². The molecule has 0 fully saturated rings. The number of hydrogen-bond donors (Lipinski definition) is 0. The van der Waals surface area contributed by atoms with E-state index in [4.69, 9.17) is 9.47 Å². The first-order valence-corrected chi connectivity index (χ1v) is 8.62. The molecule has 1 unspecified atom stereocenters. The Morgan fingerprint density at radius 2 is 1.69 bits per heavy atom. The minimum Gasteiger partial charge on any atom is -0.493 e. The Bertz CT molecular complexity index is 766. The lowest BCUT2D eigenvalue weighted by molar-refractivity contribution is -0.128. The Morgan fingerprint density at radius 1 is 1.04 bits per heavy atom. The molecule has 0 aromatic heterocycles. The molecule has 4 nitrogen and oxygen atoms in total. The summed E-state index contributed by atoms with van der Waals surface area (Å²) in [6.45, 7) is 1.98. The fourth-order valence-electron chi connectivity index (χ4n) is 2.88. The molecule has 0 aliphatic carbocycles. The van der Waals surface area contributed by atoms with Crippen molar-refractivity contribution in [3.8, 4) is 11.5 Å². The van der Waals surface area contributed by atoms with Crippen LogP contribution in [0.15, 0.2) is 48.5 Å². The van der Waals surface area contributed by atoms with Crippen LogP contribution < -0.4 is 9.47 Å². The van der Waals surface area contributed by atoms with E-state index in [0.717, 1.165) is 16.7 Å². The van der Waals surface area contributed by atoms with Crippen molar-refractivity contribution in [1.29, 1.82) is 0 Å². The Balaban J connectivity index is 2.46. The number of benzene rings is 2. The molecule has 1 atom stereocenters. The van der Waals surface area contributed by atoms with Gasteiger partial charge in [0, 0.05) is 32.0 Å². The fraction of sp³-hybridized carbons (Fsp3) is 0.318. The maximum absolute atomic E-state index is 12.4. The van der Waals surface area contributed by atoms with Crippen molar-refractivity contribution in [3.05, 3.63) is 65.2 Å². The average molecular weight is 353 g/mol. The quantitative estimate of drug-likeness (QED) is 0.745. The van der Waals surface area contributed by atoms with E-state index in [1.165, 1.54) is 0 Å². The van der Waals surface area contributed by atoms with Gasteiger partial charge in [-0.05, 0) is 18.1 Å². The van der Waals surface area contributed by atoms with Crippen LogP contribution in [0.1, 0.15) is 29.0 Å². The SMILES string of the molecule is COc1c(C)ccc(C(/C=C/c2ccccc2)CC(=O)N(C)C)c1OC. The van der Waals surface area contributed by atoms with Gasteiger partial charge in [-0.25, -0.2) is 0 Å². The summed E-state index contributed by atoms with van der Waals surface area (Å²) >= 11 is 0. The highest BCUT2D eigenvalue weighted by Crippen LogP contribution is 2.40. The number of methoxy groups -OCH3 is 2. The molecular weight excluding hydrogens is 326 g/mol. The summed E-state index contributed by atoms with van der Waals surface area (Å²) in [6.07, 6.45) is 4.46. The highest BCUT2D eigenvalue weighted by Gasteiger charge is 2.22. The van der Waals surface area contributed by atoms with Gasteiger partial charge in [0.15, 0.2) is 11.5 Å². The van der Waals surface area contributed by atoms with Gasteiger partial charge in [0.05, 0.1) is 14.2 Å². The molecule has 2 aromatic rings. The van der Waals surface area contributed by atoms with E-state index in [-0.39, 0.29) is 11.8 Å². The van der Waals surface area contributed by atoms with Crippen LogP contribution in [0, 0.1) is 6.92 Å². The van der Waals surface area contributed by atoms with Crippen LogP contribution in [0.4, 0.5) is 0 Å². The van der Waals surface area contributed by atoms with Crippen molar-refractivity contribution in [3.63, 3.8) is 0 Å². The number of carbonyl (C=O) groups is 1. The maximum atomic E-state index is 12.4. The van der Waals surface area contributed by atoms with Crippen molar-refractivity contribution < 1.29 is 14.3 Å². The Kier molecular flexibility index (Phi) is 6.84. The van der Waals surface area contributed by atoms with Crippen LogP contribution in [0.3, 0.4) is 0 Å². The molecule has 0 spiro atoms. The number of nitrogens with zero attached hydrogens (tertiary/aromatic N) is 1. The topological polar surface area (TPSA) is 38.8 Å². The van der Waals surface area contributed by atoms with Crippen molar-refractivity contribution in [2.75, 3.05) is 28.3 Å². The normalized spacial score (nSPS) is 12.0. The molecule has 26 heavy (non-hydrogen) atoms. The molecule has 0 aliphatic rings. The summed E-state index contributed by atoms with van der Waals surface area (Å²) in [5.74, 6) is 1.34. The molecule has 0 bridgehead atoms. The lowest BCUT2D eigenvalue weighted by Crippen LogP contribution is -2.23. The monoisotopic (exact) mass is 353 g/mol. The molecule has 4 heteroatoms. The molecule has 138 valence electrons. The van der Waals surface area contributed by atoms with Crippen LogP contribution in [-0.4, -0.2) is 39.1 Å². The van der Waals surface area contributed by atoms with Gasteiger partial charge < -0.3 is 14.4 Å². The highest BCUT2D eigenvalue weighted by atomic mass is 16.5. The molecule has 2 aromatic carbocycles. The number of hydrogen-bond acceptors (Lipinski definition) is 3. The van der Waals surface area contributed by atoms with Gasteiger partial charge in [0.2, 0.25) is 5.91 Å². The molecule has 0 radical (unpaired) electrons. The number of ether oxygens (including phenoxy) is 2. The summed E-state index contributed by atoms with van der Waals surface area (Å²) in [5.41, 5.74) is 3.03. The van der Waals surface area contributed by atoms with E-state index in [1.807, 2.05) is 55.5 Å². The zero-order chi connectivity index (χ0) is 19.1. The minimum absolute atomic E-state index is 0.0642. The molecular formula is C22H27NO3. The lowest BCUT2D eigenvalue weighted by atomic mass is 9.91. The molecule has 0 N–H and O–H groups in total. The van der Waals surface area contributed by atoms with Gasteiger partial charge in [-0.3, -0.25) is 4.79 Å². The summed E-state index contributed by atoms with van der Waals surface area (Å²) < 4.78 is 11.2. The molecule has 2 rings (SSSR count). The third-order valence-electron chi connectivity index (χ3n) is 4.36. The van der Waals surface area contributed by atoms with E-state index in [0.29, 0.717) is 17.9 Å². The number of amides is 1. The number of rotatable bonds is 7. The zero-order valence-electron chi connectivity index (χ0n) is 16.2. The number of carbonyl (C=O) groups excluding carboxylic acids is 1. The predicted molar refractivity (Wildman–Crippen MR) is 106 cm³/mol. The summed E-state index contributed by atoms with van der Waals surface area (Å²) in [4.78, 5) is 14.0. The highest BCUT2D eigenvalue weighted by molar-refractivity contribution is 5.77. The lowest BCUT2D eigenvalue weighted by Gasteiger charge is -2.21. The molecule has 0 saturated heterocycles. The largest absolute Gasteiger partial charge is 0.493 e. The first-order chi connectivity index (χ1) is 12.5. The smallest absolute Gasteiger partial charge is 0.222 e. The minimum atomic E-state index is -0.116. The van der Waals surface area contributed by atoms with Crippen molar-refractivity contribution in [2.24, 2.45) is 0 Å². The van der Waals surface area contributed by atoms with Gasteiger partial charge in [0.1, 0.15) is 0 Å². The van der Waals surface area contributed by atoms with E-state index < -0.39 is 0 Å². The van der Waals surface area contributed by atoms with Gasteiger partial charge in [-0.15, -0.1) is 0 Å². The van der Waals surface area contributed by atoms with E-state index in [1.54, 1.807) is 33.2 Å². The van der Waals surface area contributed by atoms with Gasteiger partial charge in [-0.1, -0.05) is 54.6 Å². The van der Waals surface area contributed by atoms with Crippen LogP contribution in [-0.2, 0) is 4.79 Å². The van der Waals surface area contributed by atoms with Crippen molar-refractivity contribution >= 4 is 12.0 Å². The maximum Gasteiger partial charge on any atom is 0.222 e. The Morgan fingerprint density at radius 3 is 2.27 bits per heavy atom. The average Bonchev–Trinajstić information content (AvgIpc) is 2.65. The van der Waals surface area contributed by atoms with Gasteiger partial charge in [0.25, 0.3) is 0 Å². The first kappa shape index (κ1) is 19.6. The third-order valence-corrected chi connectivity index (χ3v) is 4.36. The molecule has 0 heterocycles. The second kappa shape index (κ2) is 9.09. The van der Waals surface area contributed by atoms with Gasteiger partial charge in [-0.2, -0.15) is 0 Å². The fourth-order valence-corrected chi connectivity index (χ4v) is 2.88. The zero-order valence-corrected chi connectivity index (χ0v) is 16.2. The molecule has 0 aliphatic heterocycles. The second-order valence-electron chi connectivity index (χ2n) is 6.41. The van der Waals surface area contributed by atoms with E-state index >= 15 is 0 Å². The standard InChI is InChI=1S/C22H27NO3/c1-16-11-14-19(22(26-5)21(16)25-4)18(15-20(24)23(2)3)13-12-17-9-7-6-8-10-17/h6-14,18H,15H2,1-5H3/b13-12+. The summed E-state index contributed by atoms with van der Waals surface area (Å²) in [6, 6.07) is 14.1. The summed E-state index contributed by atoms with van der Waals surface area (Å²) in [7, 11) is 6.81. The second-order valence-corrected chi connectivity index (χ2v) is 6.41. The van der Waals surface area contributed by atoms with Crippen LogP contribution in [0.25, 0.3) is 6.08 Å². The van der Waals surface area contributed by atoms with Crippen molar-refractivity contribution in [2.45, 2.75) is 19.3 Å². The Hall–Kier alpha value is -2.75. The number of aryl methyl sites for hydroxylation is 1. The van der Waals surface area contributed by atoms with Crippen LogP contribution in [0.5, 0.6) is 11.5 Å². The van der Waals surface area contributed by atoms with Crippen LogP contribution >= 0.6 is 0 Å². The summed E-state index contributed by atoms with van der Waals surface area (Å²) in [5, 5.41) is 0. The number of allylic oxidation sites excluding steroid dienone is 1. The Labute approximate surface area is 156 Å². The van der Waals surface area contributed by atoms with Crippen LogP contribution in [0.2, 0.25) is 0 Å².